The van der Waals surface area contributed by atoms with Crippen molar-refractivity contribution >= 4 is 23.4 Å². The van der Waals surface area contributed by atoms with E-state index in [1.165, 1.54) is 44.3 Å². The van der Waals surface area contributed by atoms with Gasteiger partial charge in [0.15, 0.2) is 0 Å². The monoisotopic (exact) mass is 348 g/mol. The highest BCUT2D eigenvalue weighted by Gasteiger charge is 2.31. The van der Waals surface area contributed by atoms with Gasteiger partial charge in [0.2, 0.25) is 0 Å². The van der Waals surface area contributed by atoms with Gasteiger partial charge in [0, 0.05) is 0 Å². The second kappa shape index (κ2) is 5.32. The van der Waals surface area contributed by atoms with Gasteiger partial charge in [-0.05, 0) is 73.6 Å². The predicted octanol–water partition coefficient (Wildman–Crippen LogP) is 3.66. The fraction of sp³-hybridized carbons (Fsp3) is 0.0833. The lowest BCUT2D eigenvalue weighted by atomic mass is 9.73. The van der Waals surface area contributed by atoms with Gasteiger partial charge in [-0.25, -0.2) is 0 Å². The molecule has 2 aliphatic carbocycles. The number of fused-ring (bicyclic) bond motifs is 9. The summed E-state index contributed by atoms with van der Waals surface area (Å²) in [7, 11) is -1.46. The zero-order valence-electron chi connectivity index (χ0n) is 14.7. The Morgan fingerprint density at radius 2 is 1.33 bits per heavy atom. The standard InChI is InChI=1S/C24H17BO2/c26-25(27)21-13-17-10-9-16-11-14-5-1-3-7-18(14)22(16)23(17)24-19-8-4-2-6-15(19)12-20(21)24/h1-10,13,26-27H,11-12H2. The molecule has 2 nitrogen and oxygen atoms in total. The topological polar surface area (TPSA) is 40.5 Å². The van der Waals surface area contributed by atoms with Gasteiger partial charge in [0.05, 0.1) is 0 Å². The van der Waals surface area contributed by atoms with Crippen LogP contribution in [0.4, 0.5) is 0 Å². The van der Waals surface area contributed by atoms with Crippen LogP contribution < -0.4 is 5.46 Å². The van der Waals surface area contributed by atoms with E-state index in [2.05, 4.69) is 60.7 Å². The second-order valence-electron chi connectivity index (χ2n) is 7.56. The van der Waals surface area contributed by atoms with Crippen molar-refractivity contribution in [2.24, 2.45) is 0 Å². The molecule has 2 aliphatic rings. The predicted molar refractivity (Wildman–Crippen MR) is 110 cm³/mol. The zero-order valence-corrected chi connectivity index (χ0v) is 14.7. The fourth-order valence-electron chi connectivity index (χ4n) is 5.01. The summed E-state index contributed by atoms with van der Waals surface area (Å²) in [6, 6.07) is 23.3. The summed E-state index contributed by atoms with van der Waals surface area (Å²) in [6.07, 6.45) is 1.71. The Morgan fingerprint density at radius 3 is 2.07 bits per heavy atom. The van der Waals surface area contributed by atoms with Crippen LogP contribution in [0.15, 0.2) is 66.7 Å². The van der Waals surface area contributed by atoms with Gasteiger partial charge in [-0.2, -0.15) is 0 Å². The fourth-order valence-corrected chi connectivity index (χ4v) is 5.01. The third kappa shape index (κ3) is 1.98. The summed E-state index contributed by atoms with van der Waals surface area (Å²) in [6.45, 7) is 0. The van der Waals surface area contributed by atoms with E-state index in [-0.39, 0.29) is 0 Å². The molecular weight excluding hydrogens is 331 g/mol. The average Bonchev–Trinajstić information content (AvgIpc) is 3.25. The van der Waals surface area contributed by atoms with Crippen molar-refractivity contribution in [2.75, 3.05) is 0 Å². The molecule has 4 aromatic carbocycles. The van der Waals surface area contributed by atoms with Crippen molar-refractivity contribution in [1.82, 2.24) is 0 Å². The summed E-state index contributed by atoms with van der Waals surface area (Å²) < 4.78 is 0. The largest absolute Gasteiger partial charge is 0.488 e. The normalized spacial score (nSPS) is 13.3. The maximum atomic E-state index is 10.0. The first-order valence-corrected chi connectivity index (χ1v) is 9.36. The molecule has 0 saturated heterocycles. The molecule has 2 N–H and O–H groups in total. The van der Waals surface area contributed by atoms with Gasteiger partial charge < -0.3 is 10.0 Å². The van der Waals surface area contributed by atoms with Gasteiger partial charge in [0.1, 0.15) is 0 Å². The Balaban J connectivity index is 1.81. The number of hydrogen-bond donors (Lipinski definition) is 2. The Morgan fingerprint density at radius 1 is 0.667 bits per heavy atom. The zero-order chi connectivity index (χ0) is 18.1. The van der Waals surface area contributed by atoms with Crippen molar-refractivity contribution in [3.63, 3.8) is 0 Å². The number of hydrogen-bond acceptors (Lipinski definition) is 2. The minimum absolute atomic E-state index is 0.625. The van der Waals surface area contributed by atoms with Crippen LogP contribution in [0.25, 0.3) is 33.0 Å². The van der Waals surface area contributed by atoms with Gasteiger partial charge in [-0.3, -0.25) is 0 Å². The maximum Gasteiger partial charge on any atom is 0.488 e. The molecule has 0 saturated carbocycles. The van der Waals surface area contributed by atoms with E-state index < -0.39 is 7.12 Å². The van der Waals surface area contributed by atoms with Crippen LogP contribution >= 0.6 is 0 Å². The van der Waals surface area contributed by atoms with E-state index in [1.807, 2.05) is 6.07 Å². The van der Waals surface area contributed by atoms with Gasteiger partial charge >= 0.3 is 7.12 Å². The molecule has 0 amide bonds. The Bertz CT molecular complexity index is 1260. The molecule has 6 rings (SSSR count). The van der Waals surface area contributed by atoms with Crippen LogP contribution in [0, 0.1) is 0 Å². The highest BCUT2D eigenvalue weighted by atomic mass is 16.4. The van der Waals surface area contributed by atoms with Crippen molar-refractivity contribution in [3.05, 3.63) is 89.0 Å². The molecule has 3 heteroatoms. The molecule has 0 heterocycles. The van der Waals surface area contributed by atoms with Crippen LogP contribution in [-0.2, 0) is 12.8 Å². The lowest BCUT2D eigenvalue weighted by Crippen LogP contribution is -2.33. The summed E-state index contributed by atoms with van der Waals surface area (Å²) in [5.74, 6) is 0. The van der Waals surface area contributed by atoms with Crippen molar-refractivity contribution in [3.8, 4) is 22.3 Å². The van der Waals surface area contributed by atoms with E-state index in [9.17, 15) is 10.0 Å². The maximum absolute atomic E-state index is 10.0. The average molecular weight is 348 g/mol. The molecule has 0 aliphatic heterocycles. The van der Waals surface area contributed by atoms with Gasteiger partial charge in [-0.15, -0.1) is 0 Å². The molecule has 0 atom stereocenters. The van der Waals surface area contributed by atoms with Crippen LogP contribution in [0.1, 0.15) is 22.3 Å². The first-order valence-electron chi connectivity index (χ1n) is 9.36. The Labute approximate surface area is 157 Å². The number of rotatable bonds is 1. The van der Waals surface area contributed by atoms with Crippen LogP contribution in [-0.4, -0.2) is 17.2 Å². The van der Waals surface area contributed by atoms with Crippen molar-refractivity contribution in [1.29, 1.82) is 0 Å². The molecular formula is C24H17BO2. The van der Waals surface area contributed by atoms with E-state index in [0.29, 0.717) is 5.46 Å². The molecule has 0 spiro atoms. The van der Waals surface area contributed by atoms with E-state index in [1.54, 1.807) is 0 Å². The van der Waals surface area contributed by atoms with Crippen LogP contribution in [0.2, 0.25) is 0 Å². The third-order valence-electron chi connectivity index (χ3n) is 6.13. The van der Waals surface area contributed by atoms with E-state index in [4.69, 9.17) is 0 Å². The minimum Gasteiger partial charge on any atom is -0.423 e. The summed E-state index contributed by atoms with van der Waals surface area (Å²) >= 11 is 0. The lowest BCUT2D eigenvalue weighted by Gasteiger charge is -2.16. The summed E-state index contributed by atoms with van der Waals surface area (Å²) in [5, 5.41) is 22.4. The van der Waals surface area contributed by atoms with Crippen molar-refractivity contribution in [2.45, 2.75) is 12.8 Å². The SMILES string of the molecule is OB(O)c1cc2ccc3c(c2c2c1Cc1ccccc1-2)-c1ccccc1C3. The lowest BCUT2D eigenvalue weighted by molar-refractivity contribution is 0.425. The highest BCUT2D eigenvalue weighted by molar-refractivity contribution is 6.60. The first kappa shape index (κ1) is 15.2. The molecule has 0 radical (unpaired) electrons. The van der Waals surface area contributed by atoms with E-state index in [0.717, 1.165) is 23.8 Å². The number of benzene rings is 4. The van der Waals surface area contributed by atoms with Gasteiger partial charge in [-0.1, -0.05) is 66.7 Å². The van der Waals surface area contributed by atoms with Crippen LogP contribution in [0.3, 0.4) is 0 Å². The molecule has 27 heavy (non-hydrogen) atoms. The van der Waals surface area contributed by atoms with Crippen LogP contribution in [0.5, 0.6) is 0 Å². The smallest absolute Gasteiger partial charge is 0.423 e. The molecule has 128 valence electrons. The third-order valence-corrected chi connectivity index (χ3v) is 6.13. The van der Waals surface area contributed by atoms with Gasteiger partial charge in [0.25, 0.3) is 0 Å². The first-order chi connectivity index (χ1) is 13.2. The second-order valence-corrected chi connectivity index (χ2v) is 7.56. The Hall–Kier alpha value is -2.88. The minimum atomic E-state index is -1.46. The molecule has 0 aromatic heterocycles. The highest BCUT2D eigenvalue weighted by Crippen LogP contribution is 2.48. The summed E-state index contributed by atoms with van der Waals surface area (Å²) in [4.78, 5) is 0. The molecule has 4 aromatic rings. The quantitative estimate of drug-likeness (QED) is 0.445. The Kier molecular flexibility index (Phi) is 3.00. The molecule has 0 unspecified atom stereocenters. The molecule has 0 fully saturated rings. The van der Waals surface area contributed by atoms with E-state index >= 15 is 0 Å². The van der Waals surface area contributed by atoms with Crippen molar-refractivity contribution < 1.29 is 10.0 Å². The summed E-state index contributed by atoms with van der Waals surface area (Å²) in [5.41, 5.74) is 10.7. The molecule has 0 bridgehead atoms.